The van der Waals surface area contributed by atoms with E-state index in [1.165, 1.54) is 0 Å². The number of aryl methyl sites for hydroxylation is 3. The smallest absolute Gasteiger partial charge is 0.252 e. The van der Waals surface area contributed by atoms with Gasteiger partial charge in [-0.25, -0.2) is 4.98 Å². The molecule has 0 fully saturated rings. The van der Waals surface area contributed by atoms with E-state index in [2.05, 4.69) is 31.3 Å². The molecule has 0 bridgehead atoms. The largest absolute Gasteiger partial charge is 0.347 e. The van der Waals surface area contributed by atoms with Crippen LogP contribution in [0.2, 0.25) is 0 Å². The number of carbonyl (C=O) groups excluding carboxylic acids is 1. The molecule has 0 aromatic carbocycles. The van der Waals surface area contributed by atoms with Gasteiger partial charge in [0.2, 0.25) is 0 Å². The van der Waals surface area contributed by atoms with Crippen LogP contribution in [0.25, 0.3) is 11.0 Å². The zero-order valence-electron chi connectivity index (χ0n) is 12.5. The summed E-state index contributed by atoms with van der Waals surface area (Å²) in [7, 11) is 1.84. The standard InChI is InChI=1S/C15H15BrN4OS/c1-8-6-11(13-9(2)19-20(3)14(13)18-8)15(21)17-7-10-4-5-12(16)22-10/h4-6H,7H2,1-3H3,(H,17,21). The van der Waals surface area contributed by atoms with Crippen molar-refractivity contribution in [2.45, 2.75) is 20.4 Å². The van der Waals surface area contributed by atoms with Crippen LogP contribution in [0.4, 0.5) is 0 Å². The third kappa shape index (κ3) is 2.78. The van der Waals surface area contributed by atoms with Gasteiger partial charge in [-0.1, -0.05) is 0 Å². The minimum Gasteiger partial charge on any atom is -0.347 e. The first-order chi connectivity index (χ1) is 10.5. The van der Waals surface area contributed by atoms with Gasteiger partial charge in [0, 0.05) is 17.6 Å². The summed E-state index contributed by atoms with van der Waals surface area (Å²) in [5, 5.41) is 8.15. The molecule has 3 aromatic rings. The Bertz CT molecular complexity index is 868. The van der Waals surface area contributed by atoms with Crippen LogP contribution in [-0.2, 0) is 13.6 Å². The fourth-order valence-electron chi connectivity index (χ4n) is 2.46. The predicted molar refractivity (Wildman–Crippen MR) is 91.2 cm³/mol. The first-order valence-corrected chi connectivity index (χ1v) is 8.40. The molecule has 0 aliphatic carbocycles. The summed E-state index contributed by atoms with van der Waals surface area (Å²) >= 11 is 5.04. The van der Waals surface area contributed by atoms with Gasteiger partial charge in [0.05, 0.1) is 27.0 Å². The van der Waals surface area contributed by atoms with E-state index in [9.17, 15) is 4.79 Å². The van der Waals surface area contributed by atoms with E-state index in [0.717, 1.165) is 31.1 Å². The van der Waals surface area contributed by atoms with Gasteiger partial charge in [0.15, 0.2) is 5.65 Å². The molecule has 3 heterocycles. The molecule has 0 atom stereocenters. The zero-order chi connectivity index (χ0) is 15.9. The van der Waals surface area contributed by atoms with Crippen LogP contribution in [0.5, 0.6) is 0 Å². The Morgan fingerprint density at radius 3 is 2.86 bits per heavy atom. The summed E-state index contributed by atoms with van der Waals surface area (Å²) in [5.74, 6) is -0.101. The molecule has 0 radical (unpaired) electrons. The maximum Gasteiger partial charge on any atom is 0.252 e. The number of nitrogens with one attached hydrogen (secondary N) is 1. The van der Waals surface area contributed by atoms with Gasteiger partial charge in [0.25, 0.3) is 5.91 Å². The molecular formula is C15H15BrN4OS. The lowest BCUT2D eigenvalue weighted by Gasteiger charge is -2.07. The molecular weight excluding hydrogens is 364 g/mol. The number of thiophene rings is 1. The number of halogens is 1. The van der Waals surface area contributed by atoms with Gasteiger partial charge in [-0.15, -0.1) is 11.3 Å². The second-order valence-electron chi connectivity index (χ2n) is 5.11. The van der Waals surface area contributed by atoms with E-state index in [0.29, 0.717) is 12.1 Å². The molecule has 1 amide bonds. The van der Waals surface area contributed by atoms with Crippen molar-refractivity contribution in [3.63, 3.8) is 0 Å². The lowest BCUT2D eigenvalue weighted by atomic mass is 10.1. The number of fused-ring (bicyclic) bond motifs is 1. The van der Waals surface area contributed by atoms with Gasteiger partial charge in [-0.2, -0.15) is 5.10 Å². The summed E-state index contributed by atoms with van der Waals surface area (Å²) in [6, 6.07) is 5.79. The number of hydrogen-bond acceptors (Lipinski definition) is 4. The predicted octanol–water partition coefficient (Wildman–Crippen LogP) is 3.34. The van der Waals surface area contributed by atoms with Crippen molar-refractivity contribution in [2.75, 3.05) is 0 Å². The number of rotatable bonds is 3. The molecule has 7 heteroatoms. The molecule has 0 saturated carbocycles. The fourth-order valence-corrected chi connectivity index (χ4v) is 3.88. The van der Waals surface area contributed by atoms with Crippen molar-refractivity contribution in [3.8, 4) is 0 Å². The number of aromatic nitrogens is 3. The molecule has 0 saturated heterocycles. The second kappa shape index (κ2) is 5.81. The number of hydrogen-bond donors (Lipinski definition) is 1. The van der Waals surface area contributed by atoms with Gasteiger partial charge in [0.1, 0.15) is 0 Å². The summed E-state index contributed by atoms with van der Waals surface area (Å²) in [6.45, 7) is 4.29. The van der Waals surface area contributed by atoms with E-state index < -0.39 is 0 Å². The van der Waals surface area contributed by atoms with Crippen LogP contribution >= 0.6 is 27.3 Å². The van der Waals surface area contributed by atoms with E-state index in [-0.39, 0.29) is 5.91 Å². The second-order valence-corrected chi connectivity index (χ2v) is 7.65. The molecule has 5 nitrogen and oxygen atoms in total. The lowest BCUT2D eigenvalue weighted by molar-refractivity contribution is 0.0952. The summed E-state index contributed by atoms with van der Waals surface area (Å²) in [4.78, 5) is 18.1. The summed E-state index contributed by atoms with van der Waals surface area (Å²) < 4.78 is 2.77. The number of pyridine rings is 1. The summed E-state index contributed by atoms with van der Waals surface area (Å²) in [6.07, 6.45) is 0. The van der Waals surface area contributed by atoms with Crippen LogP contribution in [-0.4, -0.2) is 20.7 Å². The molecule has 0 aliphatic heterocycles. The number of amides is 1. The van der Waals surface area contributed by atoms with Crippen LogP contribution < -0.4 is 5.32 Å². The van der Waals surface area contributed by atoms with Gasteiger partial charge in [-0.3, -0.25) is 9.48 Å². The molecule has 0 unspecified atom stereocenters. The highest BCUT2D eigenvalue weighted by molar-refractivity contribution is 9.11. The molecule has 22 heavy (non-hydrogen) atoms. The van der Waals surface area contributed by atoms with Crippen LogP contribution in [0.3, 0.4) is 0 Å². The van der Waals surface area contributed by atoms with E-state index in [1.54, 1.807) is 16.0 Å². The molecule has 0 spiro atoms. The Hall–Kier alpha value is -1.73. The van der Waals surface area contributed by atoms with Crippen molar-refractivity contribution >= 4 is 44.2 Å². The number of nitrogens with zero attached hydrogens (tertiary/aromatic N) is 3. The SMILES string of the molecule is Cc1cc(C(=O)NCc2ccc(Br)s2)c2c(C)nn(C)c2n1. The Balaban J connectivity index is 1.93. The highest BCUT2D eigenvalue weighted by atomic mass is 79.9. The summed E-state index contributed by atoms with van der Waals surface area (Å²) in [5.41, 5.74) is 2.98. The minimum atomic E-state index is -0.101. The normalized spacial score (nSPS) is 11.1. The topological polar surface area (TPSA) is 59.8 Å². The third-order valence-corrected chi connectivity index (χ3v) is 5.02. The van der Waals surface area contributed by atoms with Crippen molar-refractivity contribution in [1.29, 1.82) is 0 Å². The van der Waals surface area contributed by atoms with Crippen molar-refractivity contribution in [2.24, 2.45) is 7.05 Å². The highest BCUT2D eigenvalue weighted by Gasteiger charge is 2.17. The minimum absolute atomic E-state index is 0.101. The van der Waals surface area contributed by atoms with E-state index in [4.69, 9.17) is 0 Å². The van der Waals surface area contributed by atoms with Crippen molar-refractivity contribution in [1.82, 2.24) is 20.1 Å². The molecule has 1 N–H and O–H groups in total. The molecule has 114 valence electrons. The van der Waals surface area contributed by atoms with E-state index in [1.807, 2.05) is 39.1 Å². The lowest BCUT2D eigenvalue weighted by Crippen LogP contribution is -2.23. The van der Waals surface area contributed by atoms with Crippen molar-refractivity contribution in [3.05, 3.63) is 43.8 Å². The van der Waals surface area contributed by atoms with Gasteiger partial charge in [-0.05, 0) is 48.0 Å². The van der Waals surface area contributed by atoms with Gasteiger partial charge < -0.3 is 5.32 Å². The highest BCUT2D eigenvalue weighted by Crippen LogP contribution is 2.23. The van der Waals surface area contributed by atoms with Crippen LogP contribution in [0.1, 0.15) is 26.6 Å². The zero-order valence-corrected chi connectivity index (χ0v) is 14.9. The third-order valence-electron chi connectivity index (χ3n) is 3.39. The average Bonchev–Trinajstić information content (AvgIpc) is 3.00. The quantitative estimate of drug-likeness (QED) is 0.760. The van der Waals surface area contributed by atoms with Gasteiger partial charge >= 0.3 is 0 Å². The number of carbonyl (C=O) groups is 1. The van der Waals surface area contributed by atoms with Crippen LogP contribution in [0, 0.1) is 13.8 Å². The monoisotopic (exact) mass is 378 g/mol. The Morgan fingerprint density at radius 1 is 1.41 bits per heavy atom. The fraction of sp³-hybridized carbons (Fsp3) is 0.267. The maximum atomic E-state index is 12.6. The Morgan fingerprint density at radius 2 is 2.18 bits per heavy atom. The Kier molecular flexibility index (Phi) is 4.01. The van der Waals surface area contributed by atoms with E-state index >= 15 is 0 Å². The first kappa shape index (κ1) is 15.2. The van der Waals surface area contributed by atoms with Crippen molar-refractivity contribution < 1.29 is 4.79 Å². The average molecular weight is 379 g/mol. The first-order valence-electron chi connectivity index (χ1n) is 6.79. The molecule has 3 rings (SSSR count). The van der Waals surface area contributed by atoms with Crippen LogP contribution in [0.15, 0.2) is 22.0 Å². The maximum absolute atomic E-state index is 12.6. The molecule has 0 aliphatic rings. The molecule has 3 aromatic heterocycles. The Labute approximate surface area is 140 Å².